The van der Waals surface area contributed by atoms with Crippen LogP contribution in [0.4, 0.5) is 5.69 Å². The standard InChI is InChI=1S/C34H32N2O6Si/c1-43(2)29-18-21(35-13-3-14-35)6-9-24(29)31(25-10-7-22(19-30(25)43)36-15-4-16-36)26-17-20(5-8-23(26)33(39)40)34(41)42-32-27(37)11-12-28(32)38/h5-10,17-19,32H,3-4,11-16H2,1-2H3. The average Bonchev–Trinajstić information content (AvgIpc) is 3.24. The Labute approximate surface area is 250 Å². The quantitative estimate of drug-likeness (QED) is 0.227. The second-order valence-electron chi connectivity index (χ2n) is 12.4. The molecule has 3 fully saturated rings. The van der Waals surface area contributed by atoms with Crippen molar-refractivity contribution in [2.45, 2.75) is 44.9 Å². The van der Waals surface area contributed by atoms with Gasteiger partial charge in [-0.05, 0) is 69.4 Å². The Morgan fingerprint density at radius 3 is 2.33 bits per heavy atom. The van der Waals surface area contributed by atoms with Crippen molar-refractivity contribution in [2.75, 3.05) is 31.1 Å². The molecule has 0 aromatic heterocycles. The molecule has 7 rings (SSSR count). The van der Waals surface area contributed by atoms with E-state index in [1.165, 1.54) is 28.6 Å². The lowest BCUT2D eigenvalue weighted by molar-refractivity contribution is -0.582. The first-order chi connectivity index (χ1) is 20.6. The van der Waals surface area contributed by atoms with Crippen LogP contribution in [0.5, 0.6) is 0 Å². The summed E-state index contributed by atoms with van der Waals surface area (Å²) in [6, 6.07) is 10.7. The first-order valence-corrected chi connectivity index (χ1v) is 17.9. The van der Waals surface area contributed by atoms with Crippen molar-refractivity contribution in [3.63, 3.8) is 0 Å². The molecule has 218 valence electrons. The SMILES string of the molecule is C[Si]1(C)C2=CC(=[N+]3CCC3)C=CC2=C(c2cc(C(=O)OC3C(=O)CCC3=O)ccc2C(=O)[O-])c2ccc(N3CCC3)cc21. The lowest BCUT2D eigenvalue weighted by atomic mass is 9.86. The molecule has 0 bridgehead atoms. The molecule has 43 heavy (non-hydrogen) atoms. The van der Waals surface area contributed by atoms with E-state index in [4.69, 9.17) is 4.74 Å². The van der Waals surface area contributed by atoms with Gasteiger partial charge in [-0.3, -0.25) is 9.59 Å². The molecule has 8 nitrogen and oxygen atoms in total. The Morgan fingerprint density at radius 1 is 0.953 bits per heavy atom. The Kier molecular flexibility index (Phi) is 6.46. The van der Waals surface area contributed by atoms with Gasteiger partial charge in [0.05, 0.1) is 18.0 Å². The number of benzene rings is 2. The van der Waals surface area contributed by atoms with E-state index < -0.39 is 37.7 Å². The number of nitrogens with zero attached hydrogens (tertiary/aromatic N) is 2. The van der Waals surface area contributed by atoms with Gasteiger partial charge in [0.2, 0.25) is 6.10 Å². The number of carbonyl (C=O) groups is 4. The van der Waals surface area contributed by atoms with Crippen LogP contribution in [-0.2, 0) is 14.3 Å². The average molecular weight is 593 g/mol. The molecule has 0 radical (unpaired) electrons. The molecular formula is C34H32N2O6Si. The number of Topliss-reactive ketones (excluding diaryl/α,β-unsaturated/α-hetero) is 2. The number of allylic oxidation sites excluding steroid dienone is 5. The predicted octanol–water partition coefficient (Wildman–Crippen LogP) is 2.34. The third-order valence-corrected chi connectivity index (χ3v) is 13.0. The zero-order chi connectivity index (χ0) is 30.0. The van der Waals surface area contributed by atoms with Crippen LogP contribution in [0.25, 0.3) is 5.57 Å². The summed E-state index contributed by atoms with van der Waals surface area (Å²) in [5.74, 6) is -3.04. The number of hydrogen-bond acceptors (Lipinski definition) is 7. The van der Waals surface area contributed by atoms with Crippen LogP contribution in [0, 0.1) is 0 Å². The lowest BCUT2D eigenvalue weighted by Gasteiger charge is -2.40. The first-order valence-electron chi connectivity index (χ1n) is 14.9. The smallest absolute Gasteiger partial charge is 0.339 e. The van der Waals surface area contributed by atoms with Crippen LogP contribution in [0.2, 0.25) is 13.1 Å². The van der Waals surface area contributed by atoms with E-state index in [-0.39, 0.29) is 24.0 Å². The molecule has 5 aliphatic rings. The number of ether oxygens (including phenoxy) is 1. The molecule has 3 aliphatic heterocycles. The number of carbonyl (C=O) groups excluding carboxylic acids is 4. The molecule has 0 amide bonds. The van der Waals surface area contributed by atoms with Gasteiger partial charge in [0.15, 0.2) is 17.3 Å². The fraction of sp³-hybridized carbons (Fsp3) is 0.324. The molecule has 0 spiro atoms. The Hall–Kier alpha value is -4.37. The molecule has 0 atom stereocenters. The Bertz CT molecular complexity index is 1750. The normalized spacial score (nSPS) is 20.8. The number of fused-ring (bicyclic) bond motifs is 2. The number of ketones is 2. The van der Waals surface area contributed by atoms with Crippen LogP contribution in [0.1, 0.15) is 57.5 Å². The van der Waals surface area contributed by atoms with Gasteiger partial charge in [-0.25, -0.2) is 9.37 Å². The number of carboxylic acid groups (broad SMARTS) is 1. The van der Waals surface area contributed by atoms with Gasteiger partial charge in [0.25, 0.3) is 0 Å². The fourth-order valence-corrected chi connectivity index (χ4v) is 9.78. The Morgan fingerprint density at radius 2 is 1.70 bits per heavy atom. The van der Waals surface area contributed by atoms with E-state index in [0.717, 1.165) is 67.1 Å². The van der Waals surface area contributed by atoms with Gasteiger partial charge in [-0.2, -0.15) is 0 Å². The fourth-order valence-electron chi connectivity index (χ4n) is 6.71. The number of aromatic carboxylic acids is 1. The van der Waals surface area contributed by atoms with Gasteiger partial charge in [-0.15, -0.1) is 0 Å². The van der Waals surface area contributed by atoms with Crippen molar-refractivity contribution in [3.05, 3.63) is 87.6 Å². The maximum atomic E-state index is 13.2. The molecule has 3 heterocycles. The predicted molar refractivity (Wildman–Crippen MR) is 162 cm³/mol. The third-order valence-electron chi connectivity index (χ3n) is 9.51. The van der Waals surface area contributed by atoms with Crippen molar-refractivity contribution in [1.29, 1.82) is 0 Å². The van der Waals surface area contributed by atoms with Crippen LogP contribution in [0.15, 0.2) is 65.4 Å². The molecule has 2 aromatic rings. The minimum atomic E-state index is -2.26. The highest BCUT2D eigenvalue weighted by molar-refractivity contribution is 6.98. The summed E-state index contributed by atoms with van der Waals surface area (Å²) >= 11 is 0. The van der Waals surface area contributed by atoms with Gasteiger partial charge in [0, 0.05) is 49.3 Å². The summed E-state index contributed by atoms with van der Waals surface area (Å²) in [6.45, 7) is 8.72. The van der Waals surface area contributed by atoms with E-state index >= 15 is 0 Å². The van der Waals surface area contributed by atoms with Gasteiger partial charge in [-0.1, -0.05) is 25.2 Å². The number of carboxylic acids is 1. The largest absolute Gasteiger partial charge is 0.545 e. The molecular weight excluding hydrogens is 560 g/mol. The third kappa shape index (κ3) is 4.45. The highest BCUT2D eigenvalue weighted by Crippen LogP contribution is 2.43. The molecule has 0 N–H and O–H groups in total. The summed E-state index contributed by atoms with van der Waals surface area (Å²) in [6.07, 6.45) is 7.46. The van der Waals surface area contributed by atoms with E-state index in [2.05, 4.69) is 59.0 Å². The number of anilines is 1. The van der Waals surface area contributed by atoms with Crippen molar-refractivity contribution in [2.24, 2.45) is 0 Å². The zero-order valence-electron chi connectivity index (χ0n) is 24.3. The highest BCUT2D eigenvalue weighted by atomic mass is 28.3. The molecule has 2 aliphatic carbocycles. The molecule has 2 aromatic carbocycles. The summed E-state index contributed by atoms with van der Waals surface area (Å²) in [5.41, 5.74) is 5.31. The van der Waals surface area contributed by atoms with Crippen LogP contribution < -0.4 is 15.2 Å². The first kappa shape index (κ1) is 27.5. The zero-order valence-corrected chi connectivity index (χ0v) is 25.3. The summed E-state index contributed by atoms with van der Waals surface area (Å²) in [4.78, 5) is 52.4. The van der Waals surface area contributed by atoms with E-state index in [9.17, 15) is 24.3 Å². The number of rotatable bonds is 5. The molecule has 9 heteroatoms. The van der Waals surface area contributed by atoms with E-state index in [1.54, 1.807) is 0 Å². The number of esters is 1. The molecule has 0 unspecified atom stereocenters. The Balaban J connectivity index is 1.42. The molecule has 2 saturated heterocycles. The second-order valence-corrected chi connectivity index (χ2v) is 16.7. The van der Waals surface area contributed by atoms with Crippen LogP contribution in [-0.4, -0.2) is 74.1 Å². The summed E-state index contributed by atoms with van der Waals surface area (Å²) in [5, 5.41) is 14.9. The second kappa shape index (κ2) is 10.1. The van der Waals surface area contributed by atoms with E-state index in [1.807, 2.05) is 0 Å². The van der Waals surface area contributed by atoms with E-state index in [0.29, 0.717) is 5.56 Å². The monoisotopic (exact) mass is 592 g/mol. The maximum absolute atomic E-state index is 13.2. The molecule has 1 saturated carbocycles. The minimum Gasteiger partial charge on any atom is -0.545 e. The van der Waals surface area contributed by atoms with Crippen molar-refractivity contribution >= 4 is 53.7 Å². The minimum absolute atomic E-state index is 0.0449. The van der Waals surface area contributed by atoms with Crippen molar-refractivity contribution < 1.29 is 33.6 Å². The summed E-state index contributed by atoms with van der Waals surface area (Å²) in [7, 11) is -2.26. The topological polar surface area (TPSA) is 107 Å². The van der Waals surface area contributed by atoms with Gasteiger partial charge < -0.3 is 19.5 Å². The lowest BCUT2D eigenvalue weighted by Crippen LogP contribution is -2.50. The summed E-state index contributed by atoms with van der Waals surface area (Å²) < 4.78 is 7.70. The van der Waals surface area contributed by atoms with Crippen LogP contribution >= 0.6 is 0 Å². The van der Waals surface area contributed by atoms with Crippen molar-refractivity contribution in [3.8, 4) is 0 Å². The van der Waals surface area contributed by atoms with Crippen LogP contribution in [0.3, 0.4) is 0 Å². The number of hydrogen-bond donors (Lipinski definition) is 0. The van der Waals surface area contributed by atoms with Crippen molar-refractivity contribution in [1.82, 2.24) is 0 Å². The maximum Gasteiger partial charge on any atom is 0.339 e. The van der Waals surface area contributed by atoms with Gasteiger partial charge in [0.1, 0.15) is 21.2 Å². The highest BCUT2D eigenvalue weighted by Gasteiger charge is 2.42. The van der Waals surface area contributed by atoms with Gasteiger partial charge >= 0.3 is 5.97 Å².